The van der Waals surface area contributed by atoms with Crippen LogP contribution in [0.15, 0.2) is 24.3 Å². The Morgan fingerprint density at radius 3 is 2.76 bits per heavy atom. The van der Waals surface area contributed by atoms with Crippen LogP contribution in [-0.4, -0.2) is 36.7 Å². The lowest BCUT2D eigenvalue weighted by Gasteiger charge is -2.26. The predicted octanol–water partition coefficient (Wildman–Crippen LogP) is 1.11. The number of aromatic carboxylic acids is 1. The highest BCUT2D eigenvalue weighted by atomic mass is 32.2. The van der Waals surface area contributed by atoms with E-state index < -0.39 is 22.1 Å². The summed E-state index contributed by atoms with van der Waals surface area (Å²) in [4.78, 5) is 10.9. The number of benzene rings is 1. The van der Waals surface area contributed by atoms with Gasteiger partial charge in [0.2, 0.25) is 10.0 Å². The van der Waals surface area contributed by atoms with Gasteiger partial charge in [0.05, 0.1) is 17.4 Å². The molecule has 2 unspecified atom stereocenters. The van der Waals surface area contributed by atoms with Crippen LogP contribution in [0.3, 0.4) is 0 Å². The average molecular weight is 313 g/mol. The van der Waals surface area contributed by atoms with Crippen LogP contribution in [0, 0.1) is 0 Å². The quantitative estimate of drug-likeness (QED) is 0.755. The van der Waals surface area contributed by atoms with Crippen molar-refractivity contribution in [2.24, 2.45) is 0 Å². The molecular formula is C14H19NO5S. The third kappa shape index (κ3) is 4.80. The monoisotopic (exact) mass is 313 g/mol. The van der Waals surface area contributed by atoms with Crippen molar-refractivity contribution in [1.29, 1.82) is 0 Å². The van der Waals surface area contributed by atoms with Gasteiger partial charge in [0.15, 0.2) is 0 Å². The van der Waals surface area contributed by atoms with E-state index in [-0.39, 0.29) is 17.4 Å². The summed E-state index contributed by atoms with van der Waals surface area (Å²) >= 11 is 0. The van der Waals surface area contributed by atoms with Gasteiger partial charge in [0.25, 0.3) is 0 Å². The number of sulfonamides is 1. The summed E-state index contributed by atoms with van der Waals surface area (Å²) in [6, 6.07) is 5.64. The Bertz CT molecular complexity index is 614. The molecule has 2 atom stereocenters. The first-order valence-electron chi connectivity index (χ1n) is 6.86. The van der Waals surface area contributed by atoms with E-state index in [1.165, 1.54) is 18.2 Å². The molecule has 0 aromatic heterocycles. The van der Waals surface area contributed by atoms with Crippen molar-refractivity contribution in [3.63, 3.8) is 0 Å². The Morgan fingerprint density at radius 2 is 2.10 bits per heavy atom. The molecular weight excluding hydrogens is 294 g/mol. The van der Waals surface area contributed by atoms with Crippen LogP contribution in [-0.2, 0) is 15.8 Å². The van der Waals surface area contributed by atoms with Gasteiger partial charge in [0, 0.05) is 6.04 Å². The van der Waals surface area contributed by atoms with E-state index >= 15 is 0 Å². The van der Waals surface area contributed by atoms with E-state index in [0.29, 0.717) is 24.8 Å². The third-order valence-electron chi connectivity index (χ3n) is 3.52. The number of nitrogens with one attached hydrogen (secondary N) is 1. The lowest BCUT2D eigenvalue weighted by Crippen LogP contribution is -2.40. The number of carbonyl (C=O) groups is 1. The topological polar surface area (TPSA) is 104 Å². The lowest BCUT2D eigenvalue weighted by molar-refractivity contribution is 0.0696. The molecule has 116 valence electrons. The second-order valence-electron chi connectivity index (χ2n) is 5.40. The van der Waals surface area contributed by atoms with Crippen LogP contribution >= 0.6 is 0 Å². The van der Waals surface area contributed by atoms with E-state index in [1.807, 2.05) is 0 Å². The van der Waals surface area contributed by atoms with Gasteiger partial charge in [-0.2, -0.15) is 0 Å². The highest BCUT2D eigenvalue weighted by Crippen LogP contribution is 2.19. The number of aliphatic hydroxyl groups excluding tert-OH is 1. The van der Waals surface area contributed by atoms with Crippen molar-refractivity contribution in [1.82, 2.24) is 4.72 Å². The van der Waals surface area contributed by atoms with Gasteiger partial charge in [-0.3, -0.25) is 0 Å². The fourth-order valence-corrected chi connectivity index (χ4v) is 4.00. The van der Waals surface area contributed by atoms with Crippen molar-refractivity contribution in [3.05, 3.63) is 35.4 Å². The maximum absolute atomic E-state index is 12.1. The summed E-state index contributed by atoms with van der Waals surface area (Å²) in [5.74, 6) is -1.35. The van der Waals surface area contributed by atoms with Crippen molar-refractivity contribution in [3.8, 4) is 0 Å². The van der Waals surface area contributed by atoms with Crippen molar-refractivity contribution in [2.75, 3.05) is 0 Å². The second kappa shape index (κ2) is 6.55. The van der Waals surface area contributed by atoms with Crippen LogP contribution in [0.4, 0.5) is 0 Å². The Morgan fingerprint density at radius 1 is 1.33 bits per heavy atom. The van der Waals surface area contributed by atoms with Crippen LogP contribution in [0.1, 0.15) is 41.6 Å². The van der Waals surface area contributed by atoms with Gasteiger partial charge in [-0.1, -0.05) is 12.1 Å². The van der Waals surface area contributed by atoms with Crippen LogP contribution in [0.25, 0.3) is 0 Å². The van der Waals surface area contributed by atoms with E-state index in [2.05, 4.69) is 4.72 Å². The molecule has 1 aromatic rings. The molecule has 0 bridgehead atoms. The van der Waals surface area contributed by atoms with Crippen molar-refractivity contribution in [2.45, 2.75) is 43.6 Å². The first-order valence-corrected chi connectivity index (χ1v) is 8.51. The Kier molecular flexibility index (Phi) is 4.97. The summed E-state index contributed by atoms with van der Waals surface area (Å²) in [6.07, 6.45) is 2.18. The Balaban J connectivity index is 2.03. The first kappa shape index (κ1) is 15.9. The molecule has 0 heterocycles. The van der Waals surface area contributed by atoms with Gasteiger partial charge < -0.3 is 10.2 Å². The highest BCUT2D eigenvalue weighted by Gasteiger charge is 2.24. The summed E-state index contributed by atoms with van der Waals surface area (Å²) in [6.45, 7) is 0. The molecule has 1 aliphatic carbocycles. The normalized spacial score (nSPS) is 22.9. The number of rotatable bonds is 5. The van der Waals surface area contributed by atoms with Gasteiger partial charge >= 0.3 is 5.97 Å². The molecule has 0 spiro atoms. The molecule has 3 N–H and O–H groups in total. The number of hydrogen-bond acceptors (Lipinski definition) is 4. The highest BCUT2D eigenvalue weighted by molar-refractivity contribution is 7.88. The fraction of sp³-hybridized carbons (Fsp3) is 0.500. The molecule has 1 aliphatic rings. The molecule has 1 saturated carbocycles. The number of hydrogen-bond donors (Lipinski definition) is 3. The minimum absolute atomic E-state index is 0.0655. The van der Waals surface area contributed by atoms with Crippen LogP contribution < -0.4 is 4.72 Å². The summed E-state index contributed by atoms with van der Waals surface area (Å²) in [5.41, 5.74) is 0.495. The smallest absolute Gasteiger partial charge is 0.335 e. The van der Waals surface area contributed by atoms with E-state index in [0.717, 1.165) is 6.42 Å². The van der Waals surface area contributed by atoms with Crippen molar-refractivity contribution >= 4 is 16.0 Å². The maximum atomic E-state index is 12.1. The minimum Gasteiger partial charge on any atom is -0.478 e. The predicted molar refractivity (Wildman–Crippen MR) is 77.4 cm³/mol. The van der Waals surface area contributed by atoms with E-state index in [9.17, 15) is 18.3 Å². The van der Waals surface area contributed by atoms with Gasteiger partial charge in [-0.15, -0.1) is 0 Å². The number of carboxylic acids is 1. The molecule has 0 aliphatic heterocycles. The zero-order valence-corrected chi connectivity index (χ0v) is 12.3. The SMILES string of the molecule is O=C(O)c1cccc(CS(=O)(=O)NC2CCCC(O)C2)c1. The Hall–Kier alpha value is -1.44. The molecule has 2 rings (SSSR count). The fourth-order valence-electron chi connectivity index (χ4n) is 2.58. The molecule has 7 heteroatoms. The average Bonchev–Trinajstić information content (AvgIpc) is 2.37. The molecule has 0 amide bonds. The molecule has 0 saturated heterocycles. The standard InChI is InChI=1S/C14H19NO5S/c16-13-6-2-5-12(8-13)15-21(19,20)9-10-3-1-4-11(7-10)14(17)18/h1,3-4,7,12-13,15-16H,2,5-6,8-9H2,(H,17,18). The zero-order chi connectivity index (χ0) is 15.5. The van der Waals surface area contributed by atoms with Crippen molar-refractivity contribution < 1.29 is 23.4 Å². The van der Waals surface area contributed by atoms with Crippen LogP contribution in [0.5, 0.6) is 0 Å². The minimum atomic E-state index is -3.55. The molecule has 1 fully saturated rings. The molecule has 6 nitrogen and oxygen atoms in total. The molecule has 21 heavy (non-hydrogen) atoms. The number of carboxylic acid groups (broad SMARTS) is 1. The van der Waals surface area contributed by atoms with Gasteiger partial charge in [0.1, 0.15) is 0 Å². The molecule has 1 aromatic carbocycles. The largest absolute Gasteiger partial charge is 0.478 e. The van der Waals surface area contributed by atoms with Gasteiger partial charge in [-0.05, 0) is 43.4 Å². The number of aliphatic hydroxyl groups is 1. The first-order chi connectivity index (χ1) is 9.85. The summed E-state index contributed by atoms with van der Waals surface area (Å²) in [7, 11) is -3.55. The zero-order valence-electron chi connectivity index (χ0n) is 11.5. The Labute approximate surface area is 123 Å². The third-order valence-corrected chi connectivity index (χ3v) is 4.93. The second-order valence-corrected chi connectivity index (χ2v) is 7.15. The van der Waals surface area contributed by atoms with Crippen LogP contribution in [0.2, 0.25) is 0 Å². The van der Waals surface area contributed by atoms with Gasteiger partial charge in [-0.25, -0.2) is 17.9 Å². The summed E-state index contributed by atoms with van der Waals surface area (Å²) < 4.78 is 26.8. The van der Waals surface area contributed by atoms with E-state index in [4.69, 9.17) is 5.11 Å². The lowest BCUT2D eigenvalue weighted by atomic mass is 9.94. The maximum Gasteiger partial charge on any atom is 0.335 e. The van der Waals surface area contributed by atoms with E-state index in [1.54, 1.807) is 6.07 Å². The summed E-state index contributed by atoms with van der Waals surface area (Å²) in [5, 5.41) is 18.5. The molecule has 0 radical (unpaired) electrons.